The molecule has 0 bridgehead atoms. The first kappa shape index (κ1) is 13.4. The van der Waals surface area contributed by atoms with Crippen LogP contribution in [-0.2, 0) is 6.42 Å². The fourth-order valence-electron chi connectivity index (χ4n) is 1.89. The zero-order valence-corrected chi connectivity index (χ0v) is 12.2. The Balaban J connectivity index is 1.76. The molecule has 0 fully saturated rings. The van der Waals surface area contributed by atoms with E-state index in [1.165, 1.54) is 22.9 Å². The van der Waals surface area contributed by atoms with Gasteiger partial charge in [-0.15, -0.1) is 0 Å². The fourth-order valence-corrected chi connectivity index (χ4v) is 2.57. The summed E-state index contributed by atoms with van der Waals surface area (Å²) >= 11 is 1.68. The lowest BCUT2D eigenvalue weighted by atomic mass is 10.1. The molecule has 0 aromatic carbocycles. The maximum atomic E-state index is 5.72. The van der Waals surface area contributed by atoms with Crippen LogP contribution >= 0.6 is 11.3 Å². The molecule has 1 unspecified atom stereocenters. The van der Waals surface area contributed by atoms with Crippen molar-refractivity contribution in [2.45, 2.75) is 19.4 Å². The van der Waals surface area contributed by atoms with Gasteiger partial charge in [-0.1, -0.05) is 0 Å². The summed E-state index contributed by atoms with van der Waals surface area (Å²) in [6.45, 7) is 2.06. The second-order valence-corrected chi connectivity index (χ2v) is 5.32. The van der Waals surface area contributed by atoms with Gasteiger partial charge in [-0.05, 0) is 35.7 Å². The number of aromatic nitrogens is 6. The number of nitrogens with two attached hydrogens (primary N) is 1. The van der Waals surface area contributed by atoms with Gasteiger partial charge in [-0.3, -0.25) is 0 Å². The summed E-state index contributed by atoms with van der Waals surface area (Å²) in [5.74, 6) is 0.904. The van der Waals surface area contributed by atoms with E-state index in [1.54, 1.807) is 11.3 Å². The van der Waals surface area contributed by atoms with Crippen molar-refractivity contribution in [1.29, 1.82) is 0 Å². The predicted octanol–water partition coefficient (Wildman–Crippen LogP) is 1.14. The van der Waals surface area contributed by atoms with E-state index in [1.807, 2.05) is 0 Å². The molecule has 3 N–H and O–H groups in total. The van der Waals surface area contributed by atoms with Crippen molar-refractivity contribution in [3.8, 4) is 5.95 Å². The summed E-state index contributed by atoms with van der Waals surface area (Å²) in [6, 6.07) is 2.27. The molecule has 108 valence electrons. The average Bonchev–Trinajstić information content (AvgIpc) is 3.10. The Morgan fingerprint density at radius 1 is 1.38 bits per heavy atom. The van der Waals surface area contributed by atoms with Crippen LogP contribution in [0.25, 0.3) is 5.95 Å². The molecule has 0 aliphatic rings. The van der Waals surface area contributed by atoms with Crippen molar-refractivity contribution in [2.24, 2.45) is 0 Å². The predicted molar refractivity (Wildman–Crippen MR) is 80.3 cm³/mol. The van der Waals surface area contributed by atoms with Gasteiger partial charge >= 0.3 is 0 Å². The highest BCUT2D eigenvalue weighted by atomic mass is 32.1. The number of nitrogens with one attached hydrogen (secondary N) is 1. The zero-order valence-electron chi connectivity index (χ0n) is 11.3. The molecule has 3 heterocycles. The number of hydrogen-bond acceptors (Lipinski definition) is 8. The molecule has 0 amide bonds. The third-order valence-corrected chi connectivity index (χ3v) is 3.49. The van der Waals surface area contributed by atoms with E-state index < -0.39 is 0 Å². The third kappa shape index (κ3) is 3.31. The summed E-state index contributed by atoms with van der Waals surface area (Å²) < 4.78 is 1.44. The average molecular weight is 302 g/mol. The molecular weight excluding hydrogens is 288 g/mol. The Labute approximate surface area is 125 Å². The molecule has 8 nitrogen and oxygen atoms in total. The Morgan fingerprint density at radius 2 is 2.29 bits per heavy atom. The van der Waals surface area contributed by atoms with Crippen molar-refractivity contribution in [2.75, 3.05) is 11.1 Å². The maximum absolute atomic E-state index is 5.72. The zero-order chi connectivity index (χ0) is 14.7. The molecule has 9 heteroatoms. The highest BCUT2D eigenvalue weighted by Gasteiger charge is 2.10. The normalized spacial score (nSPS) is 12.2. The monoisotopic (exact) mass is 302 g/mol. The van der Waals surface area contributed by atoms with Gasteiger partial charge in [0.15, 0.2) is 0 Å². The number of rotatable bonds is 5. The van der Waals surface area contributed by atoms with Gasteiger partial charge in [0.1, 0.15) is 12.7 Å². The smallest absolute Gasteiger partial charge is 0.258 e. The van der Waals surface area contributed by atoms with Gasteiger partial charge in [0.2, 0.25) is 11.9 Å². The Kier molecular flexibility index (Phi) is 3.73. The van der Waals surface area contributed by atoms with E-state index in [2.05, 4.69) is 54.1 Å². The molecule has 0 saturated heterocycles. The highest BCUT2D eigenvalue weighted by molar-refractivity contribution is 7.07. The van der Waals surface area contributed by atoms with Gasteiger partial charge in [0.05, 0.1) is 0 Å². The van der Waals surface area contributed by atoms with Crippen LogP contribution in [0.4, 0.5) is 11.9 Å². The first-order chi connectivity index (χ1) is 10.2. The minimum Gasteiger partial charge on any atom is -0.368 e. The Bertz CT molecular complexity index is 694. The second kappa shape index (κ2) is 5.83. The van der Waals surface area contributed by atoms with E-state index in [4.69, 9.17) is 5.73 Å². The van der Waals surface area contributed by atoms with E-state index in [0.29, 0.717) is 11.9 Å². The standard InChI is InChI=1S/C12H14N8S/c1-8(4-9-2-3-21-5-9)16-11-17-10(13)18-12(19-11)20-7-14-6-15-20/h2-3,5-8H,4H2,1H3,(H3,13,16,17,18,19). The quantitative estimate of drug-likeness (QED) is 0.727. The first-order valence-electron chi connectivity index (χ1n) is 6.35. The number of hydrogen-bond donors (Lipinski definition) is 2. The largest absolute Gasteiger partial charge is 0.368 e. The molecule has 0 radical (unpaired) electrons. The minimum atomic E-state index is 0.140. The van der Waals surface area contributed by atoms with E-state index in [0.717, 1.165) is 6.42 Å². The van der Waals surface area contributed by atoms with Crippen LogP contribution in [-0.4, -0.2) is 35.8 Å². The van der Waals surface area contributed by atoms with Crippen molar-refractivity contribution in [3.05, 3.63) is 35.0 Å². The van der Waals surface area contributed by atoms with Crippen molar-refractivity contribution in [1.82, 2.24) is 29.7 Å². The number of nitrogens with zero attached hydrogens (tertiary/aromatic N) is 6. The van der Waals surface area contributed by atoms with Gasteiger partial charge in [-0.25, -0.2) is 4.98 Å². The maximum Gasteiger partial charge on any atom is 0.258 e. The van der Waals surface area contributed by atoms with Crippen LogP contribution in [0.2, 0.25) is 0 Å². The molecule has 3 aromatic rings. The molecule has 3 aromatic heterocycles. The second-order valence-electron chi connectivity index (χ2n) is 4.54. The molecule has 0 aliphatic carbocycles. The van der Waals surface area contributed by atoms with E-state index >= 15 is 0 Å². The van der Waals surface area contributed by atoms with Crippen LogP contribution < -0.4 is 11.1 Å². The summed E-state index contributed by atoms with van der Waals surface area (Å²) in [6.07, 6.45) is 3.80. The molecular formula is C12H14N8S. The van der Waals surface area contributed by atoms with Gasteiger partial charge in [0.25, 0.3) is 5.95 Å². The van der Waals surface area contributed by atoms with Gasteiger partial charge in [0, 0.05) is 6.04 Å². The van der Waals surface area contributed by atoms with E-state index in [9.17, 15) is 0 Å². The topological polar surface area (TPSA) is 107 Å². The van der Waals surface area contributed by atoms with Gasteiger partial charge in [-0.2, -0.15) is 36.1 Å². The molecule has 21 heavy (non-hydrogen) atoms. The van der Waals surface area contributed by atoms with Crippen molar-refractivity contribution < 1.29 is 0 Å². The molecule has 1 atom stereocenters. The number of anilines is 2. The van der Waals surface area contributed by atoms with Gasteiger partial charge < -0.3 is 11.1 Å². The Morgan fingerprint density at radius 3 is 3.00 bits per heavy atom. The molecule has 3 rings (SSSR count). The summed E-state index contributed by atoms with van der Waals surface area (Å²) in [7, 11) is 0. The number of thiophene rings is 1. The third-order valence-electron chi connectivity index (χ3n) is 2.76. The number of nitrogen functional groups attached to an aromatic ring is 1. The summed E-state index contributed by atoms with van der Waals surface area (Å²) in [4.78, 5) is 16.3. The summed E-state index contributed by atoms with van der Waals surface area (Å²) in [5, 5.41) is 11.4. The lowest BCUT2D eigenvalue weighted by molar-refractivity contribution is 0.759. The highest BCUT2D eigenvalue weighted by Crippen LogP contribution is 2.12. The van der Waals surface area contributed by atoms with Crippen LogP contribution in [0.3, 0.4) is 0 Å². The van der Waals surface area contributed by atoms with Crippen molar-refractivity contribution >= 4 is 23.2 Å². The van der Waals surface area contributed by atoms with Crippen LogP contribution in [0.15, 0.2) is 29.5 Å². The fraction of sp³-hybridized carbons (Fsp3) is 0.250. The summed E-state index contributed by atoms with van der Waals surface area (Å²) in [5.41, 5.74) is 6.99. The van der Waals surface area contributed by atoms with Crippen LogP contribution in [0, 0.1) is 0 Å². The molecule has 0 aliphatic heterocycles. The Hall–Kier alpha value is -2.55. The molecule has 0 saturated carbocycles. The van der Waals surface area contributed by atoms with Crippen LogP contribution in [0.1, 0.15) is 12.5 Å². The first-order valence-corrected chi connectivity index (χ1v) is 7.29. The SMILES string of the molecule is CC(Cc1ccsc1)Nc1nc(N)nc(-n2cncn2)n1. The lowest BCUT2D eigenvalue weighted by Gasteiger charge is -2.13. The van der Waals surface area contributed by atoms with Crippen molar-refractivity contribution in [3.63, 3.8) is 0 Å². The van der Waals surface area contributed by atoms with Crippen LogP contribution in [0.5, 0.6) is 0 Å². The lowest BCUT2D eigenvalue weighted by Crippen LogP contribution is -2.21. The molecule has 0 spiro atoms. The minimum absolute atomic E-state index is 0.140. The van der Waals surface area contributed by atoms with E-state index in [-0.39, 0.29) is 12.0 Å².